The van der Waals surface area contributed by atoms with Crippen molar-refractivity contribution in [3.05, 3.63) is 54.6 Å². The molecule has 6 nitrogen and oxygen atoms in total. The summed E-state index contributed by atoms with van der Waals surface area (Å²) in [5.74, 6) is -0.615. The number of para-hydroxylation sites is 1. The van der Waals surface area contributed by atoms with Crippen LogP contribution in [0.15, 0.2) is 69.9 Å². The molecule has 1 N–H and O–H groups in total. The number of alkyl halides is 3. The molecule has 0 amide bonds. The number of rotatable bonds is 4. The number of anilines is 1. The summed E-state index contributed by atoms with van der Waals surface area (Å²) >= 11 is 0. The third kappa shape index (κ3) is 5.76. The highest BCUT2D eigenvalue weighted by Gasteiger charge is 2.30. The summed E-state index contributed by atoms with van der Waals surface area (Å²) in [6.45, 7) is 0. The van der Waals surface area contributed by atoms with E-state index in [1.54, 1.807) is 30.3 Å². The molecule has 0 heterocycles. The average Bonchev–Trinajstić information content (AvgIpc) is 2.56. The van der Waals surface area contributed by atoms with Crippen LogP contribution in [0.4, 0.5) is 24.5 Å². The molecule has 0 bridgehead atoms. The molecule has 0 aliphatic rings. The lowest BCUT2D eigenvalue weighted by Crippen LogP contribution is -2.16. The van der Waals surface area contributed by atoms with Gasteiger partial charge in [0.15, 0.2) is 0 Å². The molecule has 2 aromatic carbocycles. The second-order valence-electron chi connectivity index (χ2n) is 4.27. The van der Waals surface area contributed by atoms with Crippen molar-refractivity contribution >= 4 is 17.2 Å². The first-order valence-electron chi connectivity index (χ1n) is 6.53. The predicted molar refractivity (Wildman–Crippen MR) is 80.8 cm³/mol. The Kier molecular flexibility index (Phi) is 5.46. The first-order chi connectivity index (χ1) is 11.5. The Hall–Kier alpha value is -3.41. The van der Waals surface area contributed by atoms with Gasteiger partial charge in [0.05, 0.1) is 11.4 Å². The summed E-state index contributed by atoms with van der Waals surface area (Å²) < 4.78 is 39.9. The summed E-state index contributed by atoms with van der Waals surface area (Å²) in [7, 11) is 0. The summed E-state index contributed by atoms with van der Waals surface area (Å²) in [6.07, 6.45) is -4.76. The minimum Gasteiger partial charge on any atom is -0.406 e. The number of nitriles is 1. The number of amidine groups is 1. The van der Waals surface area contributed by atoms with Gasteiger partial charge in [-0.15, -0.1) is 28.5 Å². The van der Waals surface area contributed by atoms with Crippen molar-refractivity contribution in [2.24, 2.45) is 15.3 Å². The molecule has 0 radical (unpaired) electrons. The van der Waals surface area contributed by atoms with Gasteiger partial charge < -0.3 is 4.74 Å². The largest absolute Gasteiger partial charge is 0.573 e. The van der Waals surface area contributed by atoms with E-state index in [4.69, 9.17) is 5.26 Å². The van der Waals surface area contributed by atoms with Crippen molar-refractivity contribution in [1.29, 1.82) is 5.26 Å². The number of hydrazone groups is 1. The van der Waals surface area contributed by atoms with Crippen LogP contribution in [-0.2, 0) is 0 Å². The van der Waals surface area contributed by atoms with Gasteiger partial charge in [-0.25, -0.2) is 0 Å². The minimum atomic E-state index is -4.76. The topological polar surface area (TPSA) is 82.1 Å². The number of halogens is 3. The van der Waals surface area contributed by atoms with Crippen LogP contribution in [0.3, 0.4) is 0 Å². The van der Waals surface area contributed by atoms with Gasteiger partial charge in [-0.2, -0.15) is 5.26 Å². The van der Waals surface area contributed by atoms with E-state index in [1.807, 2.05) is 6.07 Å². The Bertz CT molecular complexity index is 764. The smallest absolute Gasteiger partial charge is 0.406 e. The molecule has 0 unspecified atom stereocenters. The Balaban J connectivity index is 2.01. The fraction of sp³-hybridized carbons (Fsp3) is 0.0667. The minimum absolute atomic E-state index is 0.241. The molecule has 0 aliphatic heterocycles. The van der Waals surface area contributed by atoms with Crippen molar-refractivity contribution in [1.82, 2.24) is 0 Å². The van der Waals surface area contributed by atoms with E-state index >= 15 is 0 Å². The SMILES string of the molecule is N#CC(N=Nc1ccc(OC(F)(F)F)cc1)=NNc1ccccc1. The summed E-state index contributed by atoms with van der Waals surface area (Å²) in [5, 5.41) is 20.0. The Labute approximate surface area is 134 Å². The van der Waals surface area contributed by atoms with Crippen molar-refractivity contribution < 1.29 is 17.9 Å². The molecule has 2 rings (SSSR count). The lowest BCUT2D eigenvalue weighted by molar-refractivity contribution is -0.274. The molecule has 122 valence electrons. The summed E-state index contributed by atoms with van der Waals surface area (Å²) in [6, 6.07) is 15.3. The van der Waals surface area contributed by atoms with Gasteiger partial charge >= 0.3 is 6.36 Å². The number of nitrogens with one attached hydrogen (secondary N) is 1. The number of nitrogens with zero attached hydrogens (tertiary/aromatic N) is 4. The molecule has 2 aromatic rings. The van der Waals surface area contributed by atoms with E-state index in [1.165, 1.54) is 12.1 Å². The van der Waals surface area contributed by atoms with Crippen molar-refractivity contribution in [3.63, 3.8) is 0 Å². The van der Waals surface area contributed by atoms with E-state index in [2.05, 4.69) is 25.5 Å². The number of benzene rings is 2. The lowest BCUT2D eigenvalue weighted by atomic mass is 10.3. The van der Waals surface area contributed by atoms with E-state index < -0.39 is 6.36 Å². The molecule has 0 saturated carbocycles. The molecule has 0 fully saturated rings. The van der Waals surface area contributed by atoms with Crippen molar-refractivity contribution in [3.8, 4) is 11.8 Å². The molecule has 24 heavy (non-hydrogen) atoms. The highest BCUT2D eigenvalue weighted by molar-refractivity contribution is 5.97. The highest BCUT2D eigenvalue weighted by Crippen LogP contribution is 2.24. The molecule has 0 aliphatic carbocycles. The Morgan fingerprint density at radius 1 is 1.04 bits per heavy atom. The number of hydrogen-bond donors (Lipinski definition) is 1. The van der Waals surface area contributed by atoms with Gasteiger partial charge in [-0.3, -0.25) is 5.43 Å². The van der Waals surface area contributed by atoms with Crippen LogP contribution in [0.2, 0.25) is 0 Å². The maximum Gasteiger partial charge on any atom is 0.573 e. The molecule has 9 heteroatoms. The first kappa shape index (κ1) is 17.0. The monoisotopic (exact) mass is 333 g/mol. The van der Waals surface area contributed by atoms with Crippen molar-refractivity contribution in [2.75, 3.05) is 5.43 Å². The summed E-state index contributed by atoms with van der Waals surface area (Å²) in [4.78, 5) is 0. The van der Waals surface area contributed by atoms with Gasteiger partial charge in [0.2, 0.25) is 0 Å². The van der Waals surface area contributed by atoms with E-state index in [0.29, 0.717) is 5.69 Å². The molecular formula is C15H10F3N5O. The molecule has 0 saturated heterocycles. The van der Waals surface area contributed by atoms with Crippen LogP contribution in [0.1, 0.15) is 0 Å². The average molecular weight is 333 g/mol. The summed E-state index contributed by atoms with van der Waals surface area (Å²) in [5.41, 5.74) is 3.54. The first-order valence-corrected chi connectivity index (χ1v) is 6.53. The van der Waals surface area contributed by atoms with Gasteiger partial charge in [0.1, 0.15) is 11.8 Å². The second kappa shape index (κ2) is 7.73. The quantitative estimate of drug-likeness (QED) is 0.384. The van der Waals surface area contributed by atoms with Crippen LogP contribution < -0.4 is 10.2 Å². The normalized spacial score (nSPS) is 12.0. The fourth-order valence-electron chi connectivity index (χ4n) is 1.52. The Morgan fingerprint density at radius 2 is 1.71 bits per heavy atom. The van der Waals surface area contributed by atoms with Crippen LogP contribution in [0, 0.1) is 11.3 Å². The zero-order valence-corrected chi connectivity index (χ0v) is 12.0. The maximum atomic E-state index is 12.0. The van der Waals surface area contributed by atoms with Crippen LogP contribution in [-0.4, -0.2) is 12.2 Å². The third-order valence-corrected chi connectivity index (χ3v) is 2.50. The van der Waals surface area contributed by atoms with E-state index in [-0.39, 0.29) is 17.3 Å². The van der Waals surface area contributed by atoms with Crippen LogP contribution >= 0.6 is 0 Å². The highest BCUT2D eigenvalue weighted by atomic mass is 19.4. The van der Waals surface area contributed by atoms with Crippen molar-refractivity contribution in [2.45, 2.75) is 6.36 Å². The lowest BCUT2D eigenvalue weighted by Gasteiger charge is -2.07. The second-order valence-corrected chi connectivity index (χ2v) is 4.27. The zero-order chi connectivity index (χ0) is 17.4. The van der Waals surface area contributed by atoms with Gasteiger partial charge in [0.25, 0.3) is 5.84 Å². The fourth-order valence-corrected chi connectivity index (χ4v) is 1.52. The van der Waals surface area contributed by atoms with Crippen LogP contribution in [0.5, 0.6) is 5.75 Å². The Morgan fingerprint density at radius 3 is 2.29 bits per heavy atom. The van der Waals surface area contributed by atoms with Crippen LogP contribution in [0.25, 0.3) is 0 Å². The molecular weight excluding hydrogens is 323 g/mol. The number of azo groups is 1. The molecule has 0 spiro atoms. The zero-order valence-electron chi connectivity index (χ0n) is 12.0. The molecule has 0 aromatic heterocycles. The van der Waals surface area contributed by atoms with E-state index in [9.17, 15) is 13.2 Å². The third-order valence-electron chi connectivity index (χ3n) is 2.50. The van der Waals surface area contributed by atoms with E-state index in [0.717, 1.165) is 12.1 Å². The number of ether oxygens (including phenoxy) is 1. The van der Waals surface area contributed by atoms with Gasteiger partial charge in [-0.05, 0) is 36.4 Å². The standard InChI is InChI=1S/C15H10F3N5O/c16-15(17,18)24-13-8-6-12(7-9-13)21-23-14(10-19)22-20-11-4-2-1-3-5-11/h1-9,20H. The maximum absolute atomic E-state index is 12.0. The van der Waals surface area contributed by atoms with Gasteiger partial charge in [-0.1, -0.05) is 18.2 Å². The molecule has 0 atom stereocenters. The predicted octanol–water partition coefficient (Wildman–Crippen LogP) is 4.62. The van der Waals surface area contributed by atoms with Gasteiger partial charge in [0, 0.05) is 0 Å². The number of hydrogen-bond acceptors (Lipinski definition) is 5.